The Bertz CT molecular complexity index is 140. The zero-order chi connectivity index (χ0) is 11.0. The van der Waals surface area contributed by atoms with Gasteiger partial charge in [-0.25, -0.2) is 0 Å². The summed E-state index contributed by atoms with van der Waals surface area (Å²) in [6, 6.07) is 0. The molecule has 1 atom stereocenters. The molecule has 0 heterocycles. The number of rotatable bonds is 8. The highest BCUT2D eigenvalue weighted by Crippen LogP contribution is 2.10. The summed E-state index contributed by atoms with van der Waals surface area (Å²) in [4.78, 5) is 0. The molecule has 0 bridgehead atoms. The summed E-state index contributed by atoms with van der Waals surface area (Å²) in [5, 5.41) is 3.17. The standard InChI is InChI=1S/C9H23NO3Si/c1-6-10-9(4)13-14(5,11-7-2)12-8-3/h9-10H,6-8H2,1-5H3. The van der Waals surface area contributed by atoms with E-state index in [0.717, 1.165) is 6.54 Å². The molecule has 1 N–H and O–H groups in total. The summed E-state index contributed by atoms with van der Waals surface area (Å²) >= 11 is 0. The van der Waals surface area contributed by atoms with Crippen LogP contribution >= 0.6 is 0 Å². The highest BCUT2D eigenvalue weighted by molar-refractivity contribution is 6.59. The number of hydrogen-bond donors (Lipinski definition) is 1. The molecule has 0 spiro atoms. The number of hydrogen-bond acceptors (Lipinski definition) is 4. The van der Waals surface area contributed by atoms with Gasteiger partial charge in [-0.15, -0.1) is 0 Å². The molecular formula is C9H23NO3Si. The van der Waals surface area contributed by atoms with Gasteiger partial charge in [0, 0.05) is 19.8 Å². The van der Waals surface area contributed by atoms with Crippen molar-refractivity contribution in [2.45, 2.75) is 40.5 Å². The van der Waals surface area contributed by atoms with Gasteiger partial charge in [-0.3, -0.25) is 5.32 Å². The van der Waals surface area contributed by atoms with Crippen molar-refractivity contribution in [3.63, 3.8) is 0 Å². The molecule has 0 rings (SSSR count). The van der Waals surface area contributed by atoms with Crippen LogP contribution in [-0.4, -0.2) is 34.8 Å². The first-order chi connectivity index (χ1) is 6.58. The lowest BCUT2D eigenvalue weighted by Gasteiger charge is -2.28. The van der Waals surface area contributed by atoms with E-state index < -0.39 is 8.80 Å². The van der Waals surface area contributed by atoms with Crippen LogP contribution < -0.4 is 5.32 Å². The average molecular weight is 221 g/mol. The van der Waals surface area contributed by atoms with Gasteiger partial charge in [0.1, 0.15) is 0 Å². The topological polar surface area (TPSA) is 39.7 Å². The first-order valence-corrected chi connectivity index (χ1v) is 7.49. The lowest BCUT2D eigenvalue weighted by Crippen LogP contribution is -2.48. The van der Waals surface area contributed by atoms with E-state index in [1.807, 2.05) is 34.2 Å². The van der Waals surface area contributed by atoms with Crippen LogP contribution in [0.15, 0.2) is 0 Å². The molecule has 1 unspecified atom stereocenters. The smallest absolute Gasteiger partial charge is 0.374 e. The van der Waals surface area contributed by atoms with Crippen LogP contribution in [0, 0.1) is 0 Å². The Morgan fingerprint density at radius 3 is 2.00 bits per heavy atom. The molecule has 0 aromatic heterocycles. The second-order valence-corrected chi connectivity index (χ2v) is 5.58. The molecule has 0 aromatic rings. The predicted molar refractivity (Wildman–Crippen MR) is 59.1 cm³/mol. The lowest BCUT2D eigenvalue weighted by atomic mass is 10.6. The summed E-state index contributed by atoms with van der Waals surface area (Å²) in [7, 11) is -2.41. The van der Waals surface area contributed by atoms with Crippen LogP contribution in [0.2, 0.25) is 6.55 Å². The van der Waals surface area contributed by atoms with Crippen LogP contribution in [0.25, 0.3) is 0 Å². The van der Waals surface area contributed by atoms with Crippen molar-refractivity contribution < 1.29 is 13.3 Å². The molecule has 0 amide bonds. The molecule has 0 aliphatic heterocycles. The minimum absolute atomic E-state index is 0.0187. The van der Waals surface area contributed by atoms with Gasteiger partial charge in [0.05, 0.1) is 6.23 Å². The van der Waals surface area contributed by atoms with E-state index in [9.17, 15) is 0 Å². The SMILES string of the molecule is CCNC(C)O[Si](C)(OCC)OCC. The van der Waals surface area contributed by atoms with Crippen LogP contribution in [0.3, 0.4) is 0 Å². The lowest BCUT2D eigenvalue weighted by molar-refractivity contribution is 0.0330. The summed E-state index contributed by atoms with van der Waals surface area (Å²) in [5.41, 5.74) is 0. The molecule has 0 saturated heterocycles. The normalized spacial score (nSPS) is 14.4. The van der Waals surface area contributed by atoms with Gasteiger partial charge < -0.3 is 13.3 Å². The molecule has 86 valence electrons. The Labute approximate surface area is 88.3 Å². The number of nitrogens with one attached hydrogen (secondary N) is 1. The minimum Gasteiger partial charge on any atom is -0.374 e. The van der Waals surface area contributed by atoms with Gasteiger partial charge in [0.15, 0.2) is 0 Å². The molecule has 4 nitrogen and oxygen atoms in total. The molecule has 0 aliphatic rings. The molecule has 0 radical (unpaired) electrons. The Kier molecular flexibility index (Phi) is 7.39. The van der Waals surface area contributed by atoms with Crippen LogP contribution in [-0.2, 0) is 13.3 Å². The molecular weight excluding hydrogens is 198 g/mol. The average Bonchev–Trinajstić information content (AvgIpc) is 2.04. The molecule has 0 saturated carbocycles. The van der Waals surface area contributed by atoms with Crippen molar-refractivity contribution >= 4 is 8.80 Å². The molecule has 0 aromatic carbocycles. The van der Waals surface area contributed by atoms with Crippen molar-refractivity contribution in [1.29, 1.82) is 0 Å². The van der Waals surface area contributed by atoms with Gasteiger partial charge in [0.25, 0.3) is 0 Å². The Morgan fingerprint density at radius 1 is 1.14 bits per heavy atom. The van der Waals surface area contributed by atoms with Crippen molar-refractivity contribution in [3.8, 4) is 0 Å². The summed E-state index contributed by atoms with van der Waals surface area (Å²) in [6.07, 6.45) is -0.0187. The van der Waals surface area contributed by atoms with Crippen molar-refractivity contribution in [1.82, 2.24) is 5.32 Å². The van der Waals surface area contributed by atoms with Crippen molar-refractivity contribution in [2.75, 3.05) is 19.8 Å². The van der Waals surface area contributed by atoms with Crippen LogP contribution in [0.4, 0.5) is 0 Å². The third kappa shape index (κ3) is 5.72. The maximum Gasteiger partial charge on any atom is 0.498 e. The van der Waals surface area contributed by atoms with Crippen molar-refractivity contribution in [3.05, 3.63) is 0 Å². The van der Waals surface area contributed by atoms with E-state index in [2.05, 4.69) is 5.32 Å². The molecule has 14 heavy (non-hydrogen) atoms. The van der Waals surface area contributed by atoms with Gasteiger partial charge in [-0.1, -0.05) is 6.92 Å². The monoisotopic (exact) mass is 221 g/mol. The van der Waals surface area contributed by atoms with Crippen LogP contribution in [0.5, 0.6) is 0 Å². The second-order valence-electron chi connectivity index (χ2n) is 3.05. The van der Waals surface area contributed by atoms with E-state index in [1.54, 1.807) is 0 Å². The fourth-order valence-corrected chi connectivity index (χ4v) is 3.28. The molecule has 0 fully saturated rings. The quantitative estimate of drug-likeness (QED) is 0.499. The van der Waals surface area contributed by atoms with E-state index in [-0.39, 0.29) is 6.23 Å². The summed E-state index contributed by atoms with van der Waals surface area (Å²) in [6.45, 7) is 12.0. The van der Waals surface area contributed by atoms with Gasteiger partial charge in [0.2, 0.25) is 0 Å². The minimum atomic E-state index is -2.41. The van der Waals surface area contributed by atoms with E-state index in [0.29, 0.717) is 13.2 Å². The zero-order valence-electron chi connectivity index (χ0n) is 9.92. The zero-order valence-corrected chi connectivity index (χ0v) is 10.9. The van der Waals surface area contributed by atoms with E-state index in [1.165, 1.54) is 0 Å². The first-order valence-electron chi connectivity index (χ1n) is 5.27. The Hall–Kier alpha value is 0.0569. The predicted octanol–water partition coefficient (Wildman–Crippen LogP) is 1.60. The molecule has 5 heteroatoms. The van der Waals surface area contributed by atoms with Gasteiger partial charge in [-0.05, 0) is 27.3 Å². The fourth-order valence-electron chi connectivity index (χ4n) is 1.28. The molecule has 0 aliphatic carbocycles. The maximum atomic E-state index is 5.74. The van der Waals surface area contributed by atoms with Gasteiger partial charge >= 0.3 is 8.80 Å². The Balaban J connectivity index is 4.05. The van der Waals surface area contributed by atoms with Crippen molar-refractivity contribution in [2.24, 2.45) is 0 Å². The van der Waals surface area contributed by atoms with E-state index in [4.69, 9.17) is 13.3 Å². The van der Waals surface area contributed by atoms with E-state index >= 15 is 0 Å². The highest BCUT2D eigenvalue weighted by Gasteiger charge is 2.35. The summed E-state index contributed by atoms with van der Waals surface area (Å²) in [5.74, 6) is 0. The largest absolute Gasteiger partial charge is 0.498 e. The van der Waals surface area contributed by atoms with Crippen LogP contribution in [0.1, 0.15) is 27.7 Å². The summed E-state index contributed by atoms with van der Waals surface area (Å²) < 4.78 is 16.8. The van der Waals surface area contributed by atoms with Gasteiger partial charge in [-0.2, -0.15) is 0 Å². The second kappa shape index (κ2) is 7.36. The third-order valence-electron chi connectivity index (χ3n) is 1.70. The third-order valence-corrected chi connectivity index (χ3v) is 4.10. The Morgan fingerprint density at radius 2 is 1.64 bits per heavy atom. The first kappa shape index (κ1) is 14.1. The maximum absolute atomic E-state index is 5.74. The fraction of sp³-hybridized carbons (Fsp3) is 1.00. The highest BCUT2D eigenvalue weighted by atomic mass is 28.4.